The average Bonchev–Trinajstić information content (AvgIpc) is 2.62. The van der Waals surface area contributed by atoms with E-state index in [1.165, 1.54) is 0 Å². The van der Waals surface area contributed by atoms with Gasteiger partial charge in [0, 0.05) is 24.1 Å². The molecule has 0 atom stereocenters. The molecule has 1 aliphatic rings. The van der Waals surface area contributed by atoms with Crippen LogP contribution in [-0.4, -0.2) is 41.8 Å². The molecule has 4 nitrogen and oxygen atoms in total. The van der Waals surface area contributed by atoms with E-state index in [9.17, 15) is 5.11 Å². The largest absolute Gasteiger partial charge is 0.481 e. The number of benzene rings is 1. The Balaban J connectivity index is 1.77. The Morgan fingerprint density at radius 3 is 2.65 bits per heavy atom. The lowest BCUT2D eigenvalue weighted by atomic mass is 9.77. The molecule has 0 bridgehead atoms. The van der Waals surface area contributed by atoms with Crippen molar-refractivity contribution in [1.82, 2.24) is 9.88 Å². The molecule has 0 saturated carbocycles. The number of ether oxygens (including phenoxy) is 1. The first-order chi connectivity index (χ1) is 11.2. The van der Waals surface area contributed by atoms with Crippen LogP contribution < -0.4 is 4.74 Å². The minimum atomic E-state index is 0.127. The fourth-order valence-electron chi connectivity index (χ4n) is 3.48. The molecule has 1 aliphatic heterocycles. The van der Waals surface area contributed by atoms with Crippen molar-refractivity contribution in [1.29, 1.82) is 0 Å². The summed E-state index contributed by atoms with van der Waals surface area (Å²) < 4.78 is 5.50. The van der Waals surface area contributed by atoms with E-state index in [-0.39, 0.29) is 5.41 Å². The Labute approximate surface area is 138 Å². The molecule has 0 radical (unpaired) electrons. The smallest absolute Gasteiger partial charge is 0.218 e. The number of fused-ring (bicyclic) bond motifs is 1. The van der Waals surface area contributed by atoms with Crippen LogP contribution in [0.2, 0.25) is 0 Å². The molecule has 23 heavy (non-hydrogen) atoms. The third kappa shape index (κ3) is 3.33. The standard InChI is InChI=1S/C19H26N2O2/c1-3-19(14-22)8-10-21(11-9-19)13-16-12-15-6-4-5-7-17(15)20-18(16)23-2/h4-7,12,22H,3,8-11,13-14H2,1-2H3. The molecular weight excluding hydrogens is 288 g/mol. The highest BCUT2D eigenvalue weighted by atomic mass is 16.5. The van der Waals surface area contributed by atoms with Crippen LogP contribution in [0.25, 0.3) is 10.9 Å². The third-order valence-electron chi connectivity index (χ3n) is 5.35. The van der Waals surface area contributed by atoms with Crippen LogP contribution in [0.1, 0.15) is 31.7 Å². The molecule has 2 aromatic rings. The molecule has 1 saturated heterocycles. The number of hydrogen-bond acceptors (Lipinski definition) is 4. The molecular formula is C19H26N2O2. The summed E-state index contributed by atoms with van der Waals surface area (Å²) in [4.78, 5) is 7.07. The van der Waals surface area contributed by atoms with E-state index in [2.05, 4.69) is 28.9 Å². The molecule has 1 aromatic carbocycles. The van der Waals surface area contributed by atoms with E-state index in [4.69, 9.17) is 4.74 Å². The zero-order chi connectivity index (χ0) is 16.3. The number of aliphatic hydroxyl groups excluding tert-OH is 1. The Morgan fingerprint density at radius 2 is 2.00 bits per heavy atom. The van der Waals surface area contributed by atoms with Gasteiger partial charge in [-0.15, -0.1) is 0 Å². The van der Waals surface area contributed by atoms with Gasteiger partial charge in [-0.2, -0.15) is 0 Å². The van der Waals surface area contributed by atoms with Crippen molar-refractivity contribution in [3.63, 3.8) is 0 Å². The summed E-state index contributed by atoms with van der Waals surface area (Å²) in [7, 11) is 1.69. The highest BCUT2D eigenvalue weighted by Gasteiger charge is 2.32. The number of pyridine rings is 1. The number of aromatic nitrogens is 1. The summed E-state index contributed by atoms with van der Waals surface area (Å²) in [6.45, 7) is 5.38. The number of para-hydroxylation sites is 1. The fourth-order valence-corrected chi connectivity index (χ4v) is 3.48. The lowest BCUT2D eigenvalue weighted by Crippen LogP contribution is -2.41. The van der Waals surface area contributed by atoms with Crippen molar-refractivity contribution in [3.05, 3.63) is 35.9 Å². The minimum Gasteiger partial charge on any atom is -0.481 e. The van der Waals surface area contributed by atoms with Crippen molar-refractivity contribution in [2.24, 2.45) is 5.41 Å². The van der Waals surface area contributed by atoms with Crippen LogP contribution in [0, 0.1) is 5.41 Å². The molecule has 4 heteroatoms. The summed E-state index contributed by atoms with van der Waals surface area (Å²) in [6.07, 6.45) is 3.17. The molecule has 1 fully saturated rings. The van der Waals surface area contributed by atoms with Gasteiger partial charge in [-0.3, -0.25) is 4.90 Å². The zero-order valence-electron chi connectivity index (χ0n) is 14.1. The first-order valence-electron chi connectivity index (χ1n) is 8.45. The fraction of sp³-hybridized carbons (Fsp3) is 0.526. The van der Waals surface area contributed by atoms with Crippen LogP contribution in [-0.2, 0) is 6.54 Å². The molecule has 3 rings (SSSR count). The second-order valence-corrected chi connectivity index (χ2v) is 6.64. The quantitative estimate of drug-likeness (QED) is 0.920. The van der Waals surface area contributed by atoms with Crippen molar-refractivity contribution in [2.75, 3.05) is 26.8 Å². The van der Waals surface area contributed by atoms with E-state index in [1.54, 1.807) is 7.11 Å². The van der Waals surface area contributed by atoms with Crippen LogP contribution >= 0.6 is 0 Å². The van der Waals surface area contributed by atoms with Crippen LogP contribution in [0.3, 0.4) is 0 Å². The highest BCUT2D eigenvalue weighted by molar-refractivity contribution is 5.80. The Hall–Kier alpha value is -1.65. The molecule has 1 N–H and O–H groups in total. The van der Waals surface area contributed by atoms with E-state index >= 15 is 0 Å². The number of nitrogens with zero attached hydrogens (tertiary/aromatic N) is 2. The number of piperidine rings is 1. The van der Waals surface area contributed by atoms with Gasteiger partial charge < -0.3 is 9.84 Å². The summed E-state index contributed by atoms with van der Waals surface area (Å²) in [5.41, 5.74) is 2.23. The predicted molar refractivity (Wildman–Crippen MR) is 92.6 cm³/mol. The average molecular weight is 314 g/mol. The summed E-state index contributed by atoms with van der Waals surface area (Å²) in [6, 6.07) is 10.3. The predicted octanol–water partition coefficient (Wildman–Crippen LogP) is 3.23. The lowest BCUT2D eigenvalue weighted by molar-refractivity contribution is 0.0380. The third-order valence-corrected chi connectivity index (χ3v) is 5.35. The zero-order valence-corrected chi connectivity index (χ0v) is 14.1. The first-order valence-corrected chi connectivity index (χ1v) is 8.45. The number of aliphatic hydroxyl groups is 1. The van der Waals surface area contributed by atoms with Crippen molar-refractivity contribution >= 4 is 10.9 Å². The molecule has 0 amide bonds. The maximum atomic E-state index is 9.67. The summed E-state index contributed by atoms with van der Waals surface area (Å²) in [5.74, 6) is 0.721. The van der Waals surface area contributed by atoms with Gasteiger partial charge in [0.25, 0.3) is 0 Å². The maximum Gasteiger partial charge on any atom is 0.218 e. The van der Waals surface area contributed by atoms with E-state index in [1.807, 2.05) is 18.2 Å². The number of hydrogen-bond donors (Lipinski definition) is 1. The monoisotopic (exact) mass is 314 g/mol. The highest BCUT2D eigenvalue weighted by Crippen LogP contribution is 2.35. The SMILES string of the molecule is CCC1(CO)CCN(Cc2cc3ccccc3nc2OC)CC1. The van der Waals surface area contributed by atoms with Crippen molar-refractivity contribution in [3.8, 4) is 5.88 Å². The lowest BCUT2D eigenvalue weighted by Gasteiger charge is -2.40. The molecule has 1 aromatic heterocycles. The van der Waals surface area contributed by atoms with Crippen LogP contribution in [0.4, 0.5) is 0 Å². The molecule has 0 aliphatic carbocycles. The van der Waals surface area contributed by atoms with Gasteiger partial charge in [-0.05, 0) is 49.9 Å². The van der Waals surface area contributed by atoms with Gasteiger partial charge in [0.05, 0.1) is 12.6 Å². The van der Waals surface area contributed by atoms with E-state index in [0.717, 1.165) is 61.2 Å². The topological polar surface area (TPSA) is 45.6 Å². The summed E-state index contributed by atoms with van der Waals surface area (Å²) >= 11 is 0. The molecule has 2 heterocycles. The van der Waals surface area contributed by atoms with Crippen LogP contribution in [0.5, 0.6) is 5.88 Å². The van der Waals surface area contributed by atoms with Gasteiger partial charge in [0.1, 0.15) is 0 Å². The number of rotatable bonds is 5. The molecule has 0 unspecified atom stereocenters. The molecule has 0 spiro atoms. The van der Waals surface area contributed by atoms with Gasteiger partial charge in [0.15, 0.2) is 0 Å². The van der Waals surface area contributed by atoms with E-state index < -0.39 is 0 Å². The minimum absolute atomic E-state index is 0.127. The molecule has 124 valence electrons. The second kappa shape index (κ2) is 6.85. The van der Waals surface area contributed by atoms with Crippen LogP contribution in [0.15, 0.2) is 30.3 Å². The number of methoxy groups -OCH3 is 1. The van der Waals surface area contributed by atoms with Crippen molar-refractivity contribution < 1.29 is 9.84 Å². The van der Waals surface area contributed by atoms with Gasteiger partial charge in [0.2, 0.25) is 5.88 Å². The van der Waals surface area contributed by atoms with Crippen molar-refractivity contribution in [2.45, 2.75) is 32.7 Å². The van der Waals surface area contributed by atoms with E-state index in [0.29, 0.717) is 6.61 Å². The Morgan fingerprint density at radius 1 is 1.26 bits per heavy atom. The normalized spacial score (nSPS) is 18.2. The van der Waals surface area contributed by atoms with Gasteiger partial charge in [-0.1, -0.05) is 25.1 Å². The Kier molecular flexibility index (Phi) is 4.83. The second-order valence-electron chi connectivity index (χ2n) is 6.64. The van der Waals surface area contributed by atoms with Gasteiger partial charge in [-0.25, -0.2) is 4.98 Å². The summed E-state index contributed by atoms with van der Waals surface area (Å²) in [5, 5.41) is 10.8. The number of likely N-dealkylation sites (tertiary alicyclic amines) is 1. The van der Waals surface area contributed by atoms with Gasteiger partial charge >= 0.3 is 0 Å². The first kappa shape index (κ1) is 16.2. The maximum absolute atomic E-state index is 9.67. The Bertz CT molecular complexity index is 657.